The summed E-state index contributed by atoms with van der Waals surface area (Å²) in [7, 11) is -4.20. The van der Waals surface area contributed by atoms with Crippen LogP contribution in [0.2, 0.25) is 36.3 Å². The summed E-state index contributed by atoms with van der Waals surface area (Å²) in [6.07, 6.45) is 5.35. The van der Waals surface area contributed by atoms with E-state index in [1.165, 1.54) is 9.13 Å². The number of aryl methyl sites for hydroxylation is 2. The Hall–Kier alpha value is -3.56. The first-order valence-electron chi connectivity index (χ1n) is 22.9. The molecule has 8 atom stereocenters. The Labute approximate surface area is 379 Å². The Morgan fingerprint density at radius 2 is 1.16 bits per heavy atom. The summed E-state index contributed by atoms with van der Waals surface area (Å²) < 4.78 is 42.9. The van der Waals surface area contributed by atoms with Gasteiger partial charge in [0.05, 0.1) is 13.2 Å². The van der Waals surface area contributed by atoms with E-state index in [1.54, 1.807) is 36.7 Å². The van der Waals surface area contributed by atoms with Gasteiger partial charge in [-0.15, -0.1) is 0 Å². The molecule has 17 heteroatoms. The smallest absolute Gasteiger partial charge is 0.351 e. The third-order valence-electron chi connectivity index (χ3n) is 16.3. The van der Waals surface area contributed by atoms with E-state index in [9.17, 15) is 14.4 Å². The molecule has 6 fully saturated rings. The van der Waals surface area contributed by atoms with Crippen LogP contribution in [-0.4, -0.2) is 90.5 Å². The zero-order valence-corrected chi connectivity index (χ0v) is 42.3. The molecule has 6 heterocycles. The number of rotatable bonds is 10. The van der Waals surface area contributed by atoms with Crippen LogP contribution >= 0.6 is 0 Å². The molecule has 1 amide bonds. The molecule has 0 radical (unpaired) electrons. The molecule has 0 spiro atoms. The van der Waals surface area contributed by atoms with Gasteiger partial charge in [0.1, 0.15) is 47.3 Å². The molecule has 2 aromatic heterocycles. The minimum Gasteiger partial charge on any atom is -0.408 e. The Bertz CT molecular complexity index is 2420. The Morgan fingerprint density at radius 1 is 0.734 bits per heavy atom. The van der Waals surface area contributed by atoms with Crippen LogP contribution in [0.4, 0.5) is 11.6 Å². The number of carbonyl (C=O) groups excluding carboxylic acids is 1. The minimum absolute atomic E-state index is 0.0173. The number of carbonyl (C=O) groups is 1. The lowest BCUT2D eigenvalue weighted by Crippen LogP contribution is -2.54. The fourth-order valence-electron chi connectivity index (χ4n) is 9.23. The summed E-state index contributed by atoms with van der Waals surface area (Å²) in [6, 6.07) is 8.85. The van der Waals surface area contributed by atoms with Crippen LogP contribution in [0.15, 0.2) is 52.3 Å². The largest absolute Gasteiger partial charge is 0.408 e. The summed E-state index contributed by atoms with van der Waals surface area (Å²) in [4.78, 5) is 46.6. The molecule has 2 saturated carbocycles. The van der Waals surface area contributed by atoms with Crippen LogP contribution in [0.5, 0.6) is 0 Å². The molecule has 350 valence electrons. The van der Waals surface area contributed by atoms with E-state index in [0.29, 0.717) is 24.3 Å². The summed E-state index contributed by atoms with van der Waals surface area (Å²) in [5.41, 5.74) is 5.68. The average molecular weight is 919 g/mol. The molecule has 9 rings (SSSR count). The normalized spacial score (nSPS) is 31.1. The first-order valence-corrected chi connectivity index (χ1v) is 28.7. The molecule has 4 aliphatic heterocycles. The maximum atomic E-state index is 13.2. The van der Waals surface area contributed by atoms with Gasteiger partial charge in [0.15, 0.2) is 29.1 Å². The van der Waals surface area contributed by atoms with Gasteiger partial charge in [-0.2, -0.15) is 9.97 Å². The van der Waals surface area contributed by atoms with Crippen LogP contribution in [0, 0.1) is 24.7 Å². The van der Waals surface area contributed by atoms with Gasteiger partial charge in [0.25, 0.3) is 5.91 Å². The maximum absolute atomic E-state index is 13.2. The van der Waals surface area contributed by atoms with E-state index < -0.39 is 57.8 Å². The number of nitrogen functional groups attached to an aromatic ring is 1. The van der Waals surface area contributed by atoms with E-state index in [4.69, 9.17) is 33.5 Å². The van der Waals surface area contributed by atoms with E-state index in [1.807, 2.05) is 19.9 Å². The van der Waals surface area contributed by atoms with Gasteiger partial charge in [-0.3, -0.25) is 13.9 Å². The SMILES string of the molecule is Cc1cn([C@@H]2O[C@@]3(C4(C)CC4)COC2[C@H]3O[Si](C)(C)C(C)(C)C)c(=O)nc1N.Cc1cn([C@@H]2O[C@@]3(C4(C)CC4)COC2[C@H]3O[Si](C)(C)C(C)(C)C)c(=O)nc1NC(=O)c1ccccc1. The number of nitrogens with two attached hydrogens (primary N) is 1. The standard InChI is InChI=1S/C27H37N3O5Si.C20H33N3O4Si/c1-17-15-30(24(32)29-21(17)28-22(31)18-11-9-8-10-12-18)23-19-20(35-36(6,7)25(2,3)4)27(34-23,16-33-19)26(5)13-14-26;1-12-10-23(17(24)22-15(12)21)16-13-14(27-28(6,7)18(2,3)4)20(26-16,11-25-13)19(5)8-9-19/h8-12,15,19-20,23H,13-14,16H2,1-7H3,(H,28,29,31,32);10,13-14,16H,8-9,11H2,1-7H3,(H2,21,22,24)/t19?,20-,23-,27+;13?,14-,16-,20+/m11/s1. The van der Waals surface area contributed by atoms with E-state index in [0.717, 1.165) is 31.2 Å². The summed E-state index contributed by atoms with van der Waals surface area (Å²) in [5, 5.41) is 2.87. The molecule has 3 N–H and O–H groups in total. The predicted octanol–water partition coefficient (Wildman–Crippen LogP) is 7.65. The Kier molecular flexibility index (Phi) is 11.4. The number of amides is 1. The van der Waals surface area contributed by atoms with Gasteiger partial charge in [0.2, 0.25) is 0 Å². The van der Waals surface area contributed by atoms with Gasteiger partial charge in [-0.25, -0.2) is 9.59 Å². The molecule has 15 nitrogen and oxygen atoms in total. The highest BCUT2D eigenvalue weighted by molar-refractivity contribution is 6.74. The summed E-state index contributed by atoms with van der Waals surface area (Å²) >= 11 is 0. The second-order valence-electron chi connectivity index (χ2n) is 22.8. The highest BCUT2D eigenvalue weighted by Crippen LogP contribution is 2.66. The number of fused-ring (bicyclic) bond motifs is 4. The van der Waals surface area contributed by atoms with Crippen molar-refractivity contribution in [3.63, 3.8) is 0 Å². The molecule has 2 unspecified atom stereocenters. The number of ether oxygens (including phenoxy) is 4. The first kappa shape index (κ1) is 47.0. The van der Waals surface area contributed by atoms with Crippen molar-refractivity contribution in [1.29, 1.82) is 0 Å². The zero-order chi connectivity index (χ0) is 46.8. The summed E-state index contributed by atoms with van der Waals surface area (Å²) in [6.45, 7) is 31.5. The van der Waals surface area contributed by atoms with Crippen molar-refractivity contribution in [1.82, 2.24) is 19.1 Å². The second kappa shape index (κ2) is 15.5. The lowest BCUT2D eigenvalue weighted by atomic mass is 9.83. The topological polar surface area (TPSA) is 180 Å². The average Bonchev–Trinajstić information content (AvgIpc) is 4.01. The lowest BCUT2D eigenvalue weighted by molar-refractivity contribution is -0.198. The van der Waals surface area contributed by atoms with Crippen molar-refractivity contribution in [3.05, 3.63) is 80.4 Å². The highest BCUT2D eigenvalue weighted by atomic mass is 28.4. The van der Waals surface area contributed by atoms with E-state index >= 15 is 0 Å². The quantitative estimate of drug-likeness (QED) is 0.190. The number of benzene rings is 1. The Morgan fingerprint density at radius 3 is 1.58 bits per heavy atom. The first-order chi connectivity index (χ1) is 29.6. The fourth-order valence-corrected chi connectivity index (χ4v) is 11.9. The van der Waals surface area contributed by atoms with Crippen LogP contribution in [0.1, 0.15) is 115 Å². The second-order valence-corrected chi connectivity index (χ2v) is 32.4. The summed E-state index contributed by atoms with van der Waals surface area (Å²) in [5.74, 6) is 0.182. The highest BCUT2D eigenvalue weighted by Gasteiger charge is 2.75. The molecule has 64 heavy (non-hydrogen) atoms. The fraction of sp³-hybridized carbons (Fsp3) is 0.681. The van der Waals surface area contributed by atoms with Gasteiger partial charge in [-0.1, -0.05) is 73.6 Å². The third kappa shape index (κ3) is 7.68. The van der Waals surface area contributed by atoms with Crippen LogP contribution in [0.25, 0.3) is 0 Å². The van der Waals surface area contributed by atoms with Crippen molar-refractivity contribution in [2.75, 3.05) is 24.3 Å². The third-order valence-corrected chi connectivity index (χ3v) is 25.3. The van der Waals surface area contributed by atoms with E-state index in [2.05, 4.69) is 96.9 Å². The maximum Gasteiger partial charge on any atom is 0.351 e. The number of aromatic nitrogens is 4. The van der Waals surface area contributed by atoms with E-state index in [-0.39, 0.29) is 56.8 Å². The number of hydrogen-bond donors (Lipinski definition) is 2. The minimum atomic E-state index is -2.14. The predicted molar refractivity (Wildman–Crippen MR) is 249 cm³/mol. The van der Waals surface area contributed by atoms with Gasteiger partial charge >= 0.3 is 11.4 Å². The number of nitrogens with zero attached hydrogens (tertiary/aromatic N) is 4. The molecule has 2 aliphatic carbocycles. The van der Waals surface area contributed by atoms with Gasteiger partial charge in [0, 0.05) is 39.9 Å². The number of nitrogens with one attached hydrogen (secondary N) is 1. The van der Waals surface area contributed by atoms with Crippen LogP contribution < -0.4 is 22.4 Å². The molecule has 3 aromatic rings. The molecular weight excluding hydrogens is 849 g/mol. The molecule has 4 bridgehead atoms. The Balaban J connectivity index is 0.000000181. The van der Waals surface area contributed by atoms with Crippen molar-refractivity contribution in [2.24, 2.45) is 10.8 Å². The van der Waals surface area contributed by atoms with Crippen LogP contribution in [-0.2, 0) is 27.8 Å². The molecule has 6 aliphatic rings. The lowest BCUT2D eigenvalue weighted by Gasteiger charge is -2.43. The van der Waals surface area contributed by atoms with Gasteiger partial charge in [-0.05, 0) is 87.9 Å². The van der Waals surface area contributed by atoms with Crippen LogP contribution in [0.3, 0.4) is 0 Å². The number of hydrogen-bond acceptors (Lipinski definition) is 12. The van der Waals surface area contributed by atoms with Crippen molar-refractivity contribution in [3.8, 4) is 0 Å². The molecular formula is C47H70N6O9Si2. The molecule has 4 saturated heterocycles. The number of anilines is 2. The van der Waals surface area contributed by atoms with Crippen molar-refractivity contribution in [2.45, 2.75) is 179 Å². The van der Waals surface area contributed by atoms with Crippen molar-refractivity contribution >= 4 is 34.2 Å². The van der Waals surface area contributed by atoms with Crippen molar-refractivity contribution < 1.29 is 32.6 Å². The monoisotopic (exact) mass is 918 g/mol. The zero-order valence-electron chi connectivity index (χ0n) is 40.3. The molecule has 1 aromatic carbocycles. The van der Waals surface area contributed by atoms with Gasteiger partial charge < -0.3 is 38.8 Å².